The van der Waals surface area contributed by atoms with E-state index in [1.165, 1.54) is 19.1 Å². The van der Waals surface area contributed by atoms with E-state index >= 15 is 0 Å². The number of rotatable bonds is 3. The Bertz CT molecular complexity index is 825. The van der Waals surface area contributed by atoms with E-state index in [0.29, 0.717) is 6.54 Å². The largest absolute Gasteiger partial charge is 0.335 e. The lowest BCUT2D eigenvalue weighted by atomic mass is 9.90. The zero-order valence-electron chi connectivity index (χ0n) is 13.8. The molecule has 6 heteroatoms. The number of halogens is 2. The molecule has 3 rings (SSSR count). The predicted octanol–water partition coefficient (Wildman–Crippen LogP) is 3.95. The molecule has 0 bridgehead atoms. The lowest BCUT2D eigenvalue weighted by molar-refractivity contribution is -0.132. The highest BCUT2D eigenvalue weighted by Gasteiger charge is 2.30. The minimum Gasteiger partial charge on any atom is -0.335 e. The molecule has 1 aliphatic rings. The van der Waals surface area contributed by atoms with Crippen LogP contribution in [-0.2, 0) is 16.0 Å². The zero-order chi connectivity index (χ0) is 18.0. The van der Waals surface area contributed by atoms with Crippen molar-refractivity contribution in [3.05, 3.63) is 64.4 Å². The molecule has 1 heterocycles. The molecule has 2 aromatic rings. The van der Waals surface area contributed by atoms with Crippen LogP contribution in [0.3, 0.4) is 0 Å². The molecule has 2 amide bonds. The molecule has 0 aliphatic carbocycles. The number of nitrogens with zero attached hydrogens (tertiary/aromatic N) is 1. The Labute approximate surface area is 150 Å². The lowest BCUT2D eigenvalue weighted by Crippen LogP contribution is -2.40. The van der Waals surface area contributed by atoms with Crippen LogP contribution in [-0.4, -0.2) is 23.3 Å². The normalized spacial score (nSPS) is 16.3. The molecule has 0 fully saturated rings. The quantitative estimate of drug-likeness (QED) is 0.900. The van der Waals surface area contributed by atoms with E-state index in [0.717, 1.165) is 17.5 Å². The fraction of sp³-hybridized carbons (Fsp3) is 0.263. The monoisotopic (exact) mass is 360 g/mol. The summed E-state index contributed by atoms with van der Waals surface area (Å²) in [7, 11) is 0. The molecule has 0 radical (unpaired) electrons. The summed E-state index contributed by atoms with van der Waals surface area (Å²) < 4.78 is 14.0. The molecule has 4 nitrogen and oxygen atoms in total. The summed E-state index contributed by atoms with van der Waals surface area (Å²) in [5.41, 5.74) is 2.13. The summed E-state index contributed by atoms with van der Waals surface area (Å²) in [6.45, 7) is 2.06. The van der Waals surface area contributed by atoms with Crippen LogP contribution in [0, 0.1) is 5.82 Å². The summed E-state index contributed by atoms with van der Waals surface area (Å²) in [5.74, 6) is -1.11. The molecular weight excluding hydrogens is 343 g/mol. The first kappa shape index (κ1) is 17.4. The molecule has 130 valence electrons. The van der Waals surface area contributed by atoms with Gasteiger partial charge in [-0.3, -0.25) is 9.59 Å². The first-order valence-corrected chi connectivity index (χ1v) is 8.44. The number of hydrogen-bond donors (Lipinski definition) is 1. The average molecular weight is 361 g/mol. The number of hydrogen-bond acceptors (Lipinski definition) is 2. The molecular formula is C19H18ClFN2O2. The van der Waals surface area contributed by atoms with Crippen molar-refractivity contribution in [1.82, 2.24) is 4.90 Å². The maximum atomic E-state index is 14.0. The fourth-order valence-corrected chi connectivity index (χ4v) is 3.40. The highest BCUT2D eigenvalue weighted by atomic mass is 35.5. The molecule has 1 N–H and O–H groups in total. The summed E-state index contributed by atoms with van der Waals surface area (Å²) in [6.07, 6.45) is 0.819. The third-order valence-corrected chi connectivity index (χ3v) is 4.71. The van der Waals surface area contributed by atoms with Crippen molar-refractivity contribution in [3.8, 4) is 0 Å². The van der Waals surface area contributed by atoms with Gasteiger partial charge in [0.2, 0.25) is 11.8 Å². The molecule has 1 unspecified atom stereocenters. The average Bonchev–Trinajstić information content (AvgIpc) is 2.59. The van der Waals surface area contributed by atoms with Gasteiger partial charge in [-0.2, -0.15) is 0 Å². The van der Waals surface area contributed by atoms with Crippen LogP contribution >= 0.6 is 11.6 Å². The Morgan fingerprint density at radius 1 is 1.24 bits per heavy atom. The summed E-state index contributed by atoms with van der Waals surface area (Å²) in [6, 6.07) is 11.9. The van der Waals surface area contributed by atoms with Gasteiger partial charge in [0.15, 0.2) is 5.82 Å². The van der Waals surface area contributed by atoms with Gasteiger partial charge in [0.25, 0.3) is 0 Å². The third kappa shape index (κ3) is 3.66. The van der Waals surface area contributed by atoms with E-state index in [1.807, 2.05) is 24.3 Å². The Hall–Kier alpha value is -2.40. The van der Waals surface area contributed by atoms with E-state index in [1.54, 1.807) is 11.0 Å². The van der Waals surface area contributed by atoms with Gasteiger partial charge in [0, 0.05) is 13.5 Å². The van der Waals surface area contributed by atoms with Gasteiger partial charge in [0.05, 0.1) is 23.2 Å². The molecule has 2 aromatic carbocycles. The first-order valence-electron chi connectivity index (χ1n) is 8.06. The fourth-order valence-electron chi connectivity index (χ4n) is 3.23. The minimum absolute atomic E-state index is 0.0379. The van der Waals surface area contributed by atoms with Crippen LogP contribution in [0.15, 0.2) is 42.5 Å². The van der Waals surface area contributed by atoms with E-state index in [9.17, 15) is 14.0 Å². The van der Waals surface area contributed by atoms with E-state index in [-0.39, 0.29) is 35.0 Å². The van der Waals surface area contributed by atoms with E-state index in [4.69, 9.17) is 11.6 Å². The zero-order valence-corrected chi connectivity index (χ0v) is 14.5. The maximum absolute atomic E-state index is 14.0. The van der Waals surface area contributed by atoms with Crippen molar-refractivity contribution in [1.29, 1.82) is 0 Å². The van der Waals surface area contributed by atoms with E-state index in [2.05, 4.69) is 5.32 Å². The van der Waals surface area contributed by atoms with Gasteiger partial charge in [-0.1, -0.05) is 41.9 Å². The molecule has 1 atom stereocenters. The van der Waals surface area contributed by atoms with Gasteiger partial charge in [-0.15, -0.1) is 0 Å². The van der Waals surface area contributed by atoms with Gasteiger partial charge in [0.1, 0.15) is 0 Å². The predicted molar refractivity (Wildman–Crippen MR) is 94.9 cm³/mol. The van der Waals surface area contributed by atoms with Crippen molar-refractivity contribution in [2.75, 3.05) is 11.9 Å². The smallest absolute Gasteiger partial charge is 0.226 e. The molecule has 0 aromatic heterocycles. The van der Waals surface area contributed by atoms with E-state index < -0.39 is 5.82 Å². The Morgan fingerprint density at radius 2 is 2.00 bits per heavy atom. The van der Waals surface area contributed by atoms with Crippen LogP contribution in [0.5, 0.6) is 0 Å². The van der Waals surface area contributed by atoms with Gasteiger partial charge >= 0.3 is 0 Å². The number of anilines is 1. The number of amides is 2. The second-order valence-corrected chi connectivity index (χ2v) is 6.44. The second-order valence-electron chi connectivity index (χ2n) is 6.03. The van der Waals surface area contributed by atoms with Crippen molar-refractivity contribution in [2.24, 2.45) is 0 Å². The summed E-state index contributed by atoms with van der Waals surface area (Å²) in [4.78, 5) is 26.1. The van der Waals surface area contributed by atoms with Gasteiger partial charge < -0.3 is 10.2 Å². The van der Waals surface area contributed by atoms with Crippen molar-refractivity contribution >= 4 is 29.1 Å². The van der Waals surface area contributed by atoms with Crippen LogP contribution in [0.2, 0.25) is 5.02 Å². The molecule has 0 saturated carbocycles. The summed E-state index contributed by atoms with van der Waals surface area (Å²) >= 11 is 5.74. The van der Waals surface area contributed by atoms with Crippen LogP contribution in [0.4, 0.5) is 10.1 Å². The molecule has 25 heavy (non-hydrogen) atoms. The van der Waals surface area contributed by atoms with Gasteiger partial charge in [-0.25, -0.2) is 4.39 Å². The van der Waals surface area contributed by atoms with Crippen molar-refractivity contribution < 1.29 is 14.0 Å². The first-order chi connectivity index (χ1) is 12.0. The second kappa shape index (κ2) is 7.23. The maximum Gasteiger partial charge on any atom is 0.226 e. The Morgan fingerprint density at radius 3 is 2.76 bits per heavy atom. The number of carbonyl (C=O) groups excluding carboxylic acids is 2. The minimum atomic E-state index is -0.662. The number of fused-ring (bicyclic) bond motifs is 1. The van der Waals surface area contributed by atoms with Gasteiger partial charge in [-0.05, 0) is 29.7 Å². The highest BCUT2D eigenvalue weighted by Crippen LogP contribution is 2.33. The van der Waals surface area contributed by atoms with Crippen molar-refractivity contribution in [2.45, 2.75) is 25.8 Å². The third-order valence-electron chi connectivity index (χ3n) is 4.42. The topological polar surface area (TPSA) is 49.4 Å². The standard InChI is InChI=1S/C19H18ClFN2O2/c1-12(24)23-10-9-13-5-2-3-6-14(13)17(23)11-18(25)22-16-8-4-7-15(20)19(16)21/h2-8,17H,9-11H2,1H3,(H,22,25). The number of benzene rings is 2. The molecule has 0 saturated heterocycles. The SMILES string of the molecule is CC(=O)N1CCc2ccccc2C1CC(=O)Nc1cccc(Cl)c1F. The van der Waals surface area contributed by atoms with Crippen molar-refractivity contribution in [3.63, 3.8) is 0 Å². The Kier molecular flexibility index (Phi) is 5.04. The summed E-state index contributed by atoms with van der Waals surface area (Å²) in [5, 5.41) is 2.50. The van der Waals surface area contributed by atoms with Crippen LogP contribution in [0.25, 0.3) is 0 Å². The lowest BCUT2D eigenvalue weighted by Gasteiger charge is -2.36. The molecule has 0 spiro atoms. The number of nitrogens with one attached hydrogen (secondary N) is 1. The van der Waals surface area contributed by atoms with Crippen LogP contribution in [0.1, 0.15) is 30.5 Å². The molecule has 1 aliphatic heterocycles. The van der Waals surface area contributed by atoms with Crippen LogP contribution < -0.4 is 5.32 Å². The highest BCUT2D eigenvalue weighted by molar-refractivity contribution is 6.31. The Balaban J connectivity index is 1.83. The number of carbonyl (C=O) groups is 2.